The van der Waals surface area contributed by atoms with Crippen LogP contribution in [0.15, 0.2) is 5.16 Å². The molecule has 2 heterocycles. The number of aromatic nitrogens is 3. The lowest BCUT2D eigenvalue weighted by atomic mass is 10.4. The monoisotopic (exact) mass is 283 g/mol. The molecule has 1 aliphatic heterocycles. The first-order chi connectivity index (χ1) is 9.06. The summed E-state index contributed by atoms with van der Waals surface area (Å²) >= 11 is 1.66. The first-order valence-electron chi connectivity index (χ1n) is 6.49. The summed E-state index contributed by atoms with van der Waals surface area (Å²) in [6.45, 7) is 7.41. The van der Waals surface area contributed by atoms with E-state index in [0.29, 0.717) is 11.2 Å². The molecule has 1 aromatic rings. The molecule has 0 radical (unpaired) electrons. The topological polar surface area (TPSA) is 54.4 Å². The fourth-order valence-electron chi connectivity index (χ4n) is 1.70. The van der Waals surface area contributed by atoms with Crippen LogP contribution in [0.2, 0.25) is 0 Å². The Morgan fingerprint density at radius 1 is 1.16 bits per heavy atom. The van der Waals surface area contributed by atoms with Crippen LogP contribution < -0.4 is 9.80 Å². The van der Waals surface area contributed by atoms with E-state index in [-0.39, 0.29) is 0 Å². The second-order valence-corrected chi connectivity index (χ2v) is 6.42. The van der Waals surface area contributed by atoms with E-state index < -0.39 is 0 Å². The van der Waals surface area contributed by atoms with Crippen molar-refractivity contribution in [2.45, 2.75) is 24.3 Å². The largest absolute Gasteiger partial charge is 0.378 e. The molecule has 0 N–H and O–H groups in total. The lowest BCUT2D eigenvalue weighted by molar-refractivity contribution is 0.122. The first-order valence-corrected chi connectivity index (χ1v) is 7.37. The van der Waals surface area contributed by atoms with E-state index in [0.717, 1.165) is 37.4 Å². The average Bonchev–Trinajstić information content (AvgIpc) is 2.38. The summed E-state index contributed by atoms with van der Waals surface area (Å²) in [7, 11) is 3.89. The van der Waals surface area contributed by atoms with E-state index in [1.165, 1.54) is 0 Å². The Morgan fingerprint density at radius 2 is 1.84 bits per heavy atom. The van der Waals surface area contributed by atoms with E-state index in [1.54, 1.807) is 11.8 Å². The van der Waals surface area contributed by atoms with Crippen LogP contribution in [-0.2, 0) is 4.74 Å². The van der Waals surface area contributed by atoms with E-state index in [2.05, 4.69) is 33.7 Å². The molecule has 1 fully saturated rings. The highest BCUT2D eigenvalue weighted by molar-refractivity contribution is 7.99. The third-order valence-corrected chi connectivity index (χ3v) is 3.49. The van der Waals surface area contributed by atoms with Crippen molar-refractivity contribution in [3.05, 3.63) is 0 Å². The van der Waals surface area contributed by atoms with Gasteiger partial charge in [-0.25, -0.2) is 0 Å². The molecule has 6 nitrogen and oxygen atoms in total. The van der Waals surface area contributed by atoms with Gasteiger partial charge < -0.3 is 14.5 Å². The van der Waals surface area contributed by atoms with Gasteiger partial charge in [-0.1, -0.05) is 25.6 Å². The molecular formula is C12H21N5OS. The maximum Gasteiger partial charge on any atom is 0.231 e. The van der Waals surface area contributed by atoms with Crippen LogP contribution in [0.3, 0.4) is 0 Å². The van der Waals surface area contributed by atoms with Crippen LogP contribution in [-0.4, -0.2) is 60.6 Å². The molecule has 0 aromatic carbocycles. The van der Waals surface area contributed by atoms with Crippen molar-refractivity contribution in [1.82, 2.24) is 15.0 Å². The number of rotatable bonds is 4. The van der Waals surface area contributed by atoms with Crippen molar-refractivity contribution in [2.24, 2.45) is 0 Å². The zero-order chi connectivity index (χ0) is 13.8. The third-order valence-electron chi connectivity index (χ3n) is 2.63. The predicted octanol–water partition coefficient (Wildman–Crippen LogP) is 1.27. The molecule has 1 saturated heterocycles. The van der Waals surface area contributed by atoms with Crippen LogP contribution in [0.25, 0.3) is 0 Å². The van der Waals surface area contributed by atoms with Gasteiger partial charge >= 0.3 is 0 Å². The second kappa shape index (κ2) is 6.38. The highest BCUT2D eigenvalue weighted by atomic mass is 32.2. The molecule has 0 atom stereocenters. The maximum atomic E-state index is 5.37. The first kappa shape index (κ1) is 14.3. The van der Waals surface area contributed by atoms with Crippen LogP contribution in [0.1, 0.15) is 13.8 Å². The normalized spacial score (nSPS) is 15.9. The molecule has 7 heteroatoms. The molecule has 0 spiro atoms. The van der Waals surface area contributed by atoms with Crippen molar-refractivity contribution < 1.29 is 4.74 Å². The summed E-state index contributed by atoms with van der Waals surface area (Å²) in [5.74, 6) is 1.46. The van der Waals surface area contributed by atoms with E-state index >= 15 is 0 Å². The number of ether oxygens (including phenoxy) is 1. The second-order valence-electron chi connectivity index (χ2n) is 4.88. The Labute approximate surface area is 118 Å². The number of hydrogen-bond donors (Lipinski definition) is 0. The average molecular weight is 283 g/mol. The summed E-state index contributed by atoms with van der Waals surface area (Å²) in [6.07, 6.45) is 0. The molecular weight excluding hydrogens is 262 g/mol. The van der Waals surface area contributed by atoms with Gasteiger partial charge in [-0.3, -0.25) is 0 Å². The molecule has 0 unspecified atom stereocenters. The molecule has 0 saturated carbocycles. The van der Waals surface area contributed by atoms with Gasteiger partial charge in [-0.05, 0) is 0 Å². The Balaban J connectivity index is 2.27. The zero-order valence-corrected chi connectivity index (χ0v) is 12.8. The van der Waals surface area contributed by atoms with Crippen LogP contribution in [0.5, 0.6) is 0 Å². The van der Waals surface area contributed by atoms with Crippen LogP contribution in [0.4, 0.5) is 11.9 Å². The van der Waals surface area contributed by atoms with Crippen molar-refractivity contribution in [3.63, 3.8) is 0 Å². The quantitative estimate of drug-likeness (QED) is 0.771. The fraction of sp³-hybridized carbons (Fsp3) is 0.750. The van der Waals surface area contributed by atoms with Gasteiger partial charge in [-0.2, -0.15) is 15.0 Å². The van der Waals surface area contributed by atoms with Gasteiger partial charge in [0.25, 0.3) is 0 Å². The number of anilines is 2. The SMILES string of the molecule is CC(C)Sc1nc(N(C)C)nc(N2CCOCC2)n1. The van der Waals surface area contributed by atoms with Gasteiger partial charge in [-0.15, -0.1) is 0 Å². The number of morpholine rings is 1. The Kier molecular flexibility index (Phi) is 4.81. The molecule has 0 bridgehead atoms. The summed E-state index contributed by atoms with van der Waals surface area (Å²) < 4.78 is 5.37. The Morgan fingerprint density at radius 3 is 2.42 bits per heavy atom. The van der Waals surface area contributed by atoms with Crippen molar-refractivity contribution in [2.75, 3.05) is 50.2 Å². The minimum atomic E-state index is 0.454. The van der Waals surface area contributed by atoms with Crippen LogP contribution >= 0.6 is 11.8 Å². The minimum Gasteiger partial charge on any atom is -0.378 e. The summed E-state index contributed by atoms with van der Waals surface area (Å²) in [4.78, 5) is 17.6. The van der Waals surface area contributed by atoms with Gasteiger partial charge in [0.1, 0.15) is 0 Å². The molecule has 2 rings (SSSR count). The minimum absolute atomic E-state index is 0.454. The molecule has 1 aromatic heterocycles. The van der Waals surface area contributed by atoms with Gasteiger partial charge in [0.15, 0.2) is 5.16 Å². The van der Waals surface area contributed by atoms with Gasteiger partial charge in [0.2, 0.25) is 11.9 Å². The number of nitrogens with zero attached hydrogens (tertiary/aromatic N) is 5. The third kappa shape index (κ3) is 3.94. The zero-order valence-electron chi connectivity index (χ0n) is 12.0. The molecule has 106 valence electrons. The van der Waals surface area contributed by atoms with E-state index in [1.807, 2.05) is 19.0 Å². The molecule has 0 amide bonds. The summed E-state index contributed by atoms with van der Waals surface area (Å²) in [5.41, 5.74) is 0. The molecule has 1 aliphatic rings. The van der Waals surface area contributed by atoms with Crippen LogP contribution in [0, 0.1) is 0 Å². The van der Waals surface area contributed by atoms with Crippen molar-refractivity contribution in [3.8, 4) is 0 Å². The van der Waals surface area contributed by atoms with Crippen molar-refractivity contribution in [1.29, 1.82) is 0 Å². The van der Waals surface area contributed by atoms with E-state index in [9.17, 15) is 0 Å². The molecule has 19 heavy (non-hydrogen) atoms. The summed E-state index contributed by atoms with van der Waals surface area (Å²) in [5, 5.41) is 1.24. The fourth-order valence-corrected chi connectivity index (χ4v) is 2.39. The van der Waals surface area contributed by atoms with Gasteiger partial charge in [0.05, 0.1) is 13.2 Å². The summed E-state index contributed by atoms with van der Waals surface area (Å²) in [6, 6.07) is 0. The van der Waals surface area contributed by atoms with Gasteiger partial charge in [0, 0.05) is 32.4 Å². The number of thioether (sulfide) groups is 1. The Bertz CT molecular complexity index is 421. The highest BCUT2D eigenvalue weighted by Crippen LogP contribution is 2.23. The maximum absolute atomic E-state index is 5.37. The lowest BCUT2D eigenvalue weighted by Gasteiger charge is -2.27. The number of hydrogen-bond acceptors (Lipinski definition) is 7. The standard InChI is InChI=1S/C12H21N5OS/c1-9(2)19-12-14-10(16(3)4)13-11(15-12)17-5-7-18-8-6-17/h9H,5-8H2,1-4H3. The van der Waals surface area contributed by atoms with E-state index in [4.69, 9.17) is 4.74 Å². The lowest BCUT2D eigenvalue weighted by Crippen LogP contribution is -2.37. The smallest absolute Gasteiger partial charge is 0.231 e. The Hall–Kier alpha value is -1.08. The highest BCUT2D eigenvalue weighted by Gasteiger charge is 2.17. The van der Waals surface area contributed by atoms with Crippen molar-refractivity contribution >= 4 is 23.7 Å². The molecule has 0 aliphatic carbocycles. The predicted molar refractivity (Wildman–Crippen MR) is 78.2 cm³/mol.